The van der Waals surface area contributed by atoms with Crippen molar-refractivity contribution in [1.29, 1.82) is 0 Å². The summed E-state index contributed by atoms with van der Waals surface area (Å²) in [6.07, 6.45) is 1.71. The van der Waals surface area contributed by atoms with Crippen molar-refractivity contribution in [2.75, 3.05) is 0 Å². The fourth-order valence-corrected chi connectivity index (χ4v) is 3.10. The van der Waals surface area contributed by atoms with Gasteiger partial charge in [0.1, 0.15) is 5.82 Å². The second-order valence-electron chi connectivity index (χ2n) is 6.97. The second kappa shape index (κ2) is 7.54. The summed E-state index contributed by atoms with van der Waals surface area (Å²) < 4.78 is 2.26. The van der Waals surface area contributed by atoms with Crippen molar-refractivity contribution in [3.05, 3.63) is 74.2 Å². The van der Waals surface area contributed by atoms with Crippen LogP contribution in [-0.2, 0) is 0 Å². The van der Waals surface area contributed by atoms with E-state index in [2.05, 4.69) is 52.0 Å². The molecule has 0 aliphatic rings. The highest BCUT2D eigenvalue weighted by atomic mass is 79.9. The molecule has 0 bridgehead atoms. The number of fused-ring (bicyclic) bond motifs is 1. The normalized spacial score (nSPS) is 12.0. The minimum atomic E-state index is -0.157. The van der Waals surface area contributed by atoms with E-state index < -0.39 is 0 Å². The first-order chi connectivity index (χ1) is 12.4. The minimum absolute atomic E-state index is 0.0798. The van der Waals surface area contributed by atoms with Gasteiger partial charge < -0.3 is 0 Å². The Labute approximate surface area is 161 Å². The zero-order valence-electron chi connectivity index (χ0n) is 15.4. The smallest absolute Gasteiger partial charge is 0.267 e. The highest BCUT2D eigenvalue weighted by Gasteiger charge is 2.13. The summed E-state index contributed by atoms with van der Waals surface area (Å²) in [5, 5.41) is 5.00. The monoisotopic (exact) mass is 411 g/mol. The van der Waals surface area contributed by atoms with Crippen molar-refractivity contribution in [2.24, 2.45) is 5.10 Å². The van der Waals surface area contributed by atoms with Crippen LogP contribution >= 0.6 is 15.9 Å². The molecule has 0 N–H and O–H groups in total. The van der Waals surface area contributed by atoms with Gasteiger partial charge in [0.15, 0.2) is 0 Å². The van der Waals surface area contributed by atoms with Gasteiger partial charge in [-0.2, -0.15) is 9.78 Å². The third-order valence-corrected chi connectivity index (χ3v) is 4.77. The van der Waals surface area contributed by atoms with E-state index in [1.165, 1.54) is 10.2 Å². The van der Waals surface area contributed by atoms with Crippen molar-refractivity contribution in [3.63, 3.8) is 0 Å². The Bertz CT molecular complexity index is 1020. The predicted octanol–water partition coefficient (Wildman–Crippen LogP) is 5.29. The van der Waals surface area contributed by atoms with Crippen LogP contribution in [-0.4, -0.2) is 15.9 Å². The first kappa shape index (κ1) is 18.5. The van der Waals surface area contributed by atoms with Crippen molar-refractivity contribution in [3.8, 4) is 0 Å². The molecule has 5 heteroatoms. The first-order valence-corrected chi connectivity index (χ1v) is 9.52. The summed E-state index contributed by atoms with van der Waals surface area (Å²) in [7, 11) is 0. The average molecular weight is 412 g/mol. The Balaban J connectivity index is 2.09. The summed E-state index contributed by atoms with van der Waals surface area (Å²) in [5.41, 5.74) is 2.76. The third kappa shape index (κ3) is 3.78. The molecule has 0 unspecified atom stereocenters. The Morgan fingerprint density at radius 2 is 1.73 bits per heavy atom. The van der Waals surface area contributed by atoms with E-state index in [1.54, 1.807) is 12.3 Å². The quantitative estimate of drug-likeness (QED) is 0.547. The van der Waals surface area contributed by atoms with Gasteiger partial charge in [-0.3, -0.25) is 4.79 Å². The SMILES string of the molecule is CC(C)c1ccc(C=Nn2c(C(C)C)nc3ccc(Br)cc3c2=O)cc1. The number of rotatable bonds is 4. The topological polar surface area (TPSA) is 47.2 Å². The van der Waals surface area contributed by atoms with Crippen LogP contribution in [0.5, 0.6) is 0 Å². The zero-order valence-corrected chi connectivity index (χ0v) is 17.0. The molecule has 0 aliphatic heterocycles. The summed E-state index contributed by atoms with van der Waals surface area (Å²) >= 11 is 3.42. The van der Waals surface area contributed by atoms with Crippen LogP contribution in [0.25, 0.3) is 10.9 Å². The van der Waals surface area contributed by atoms with Crippen molar-refractivity contribution in [1.82, 2.24) is 9.66 Å². The van der Waals surface area contributed by atoms with Gasteiger partial charge in [-0.15, -0.1) is 0 Å². The van der Waals surface area contributed by atoms with Crippen molar-refractivity contribution < 1.29 is 0 Å². The molecule has 0 atom stereocenters. The van der Waals surface area contributed by atoms with Crippen LogP contribution in [0.15, 0.2) is 56.8 Å². The molecule has 0 spiro atoms. The van der Waals surface area contributed by atoms with E-state index in [1.807, 2.05) is 38.1 Å². The molecule has 0 fully saturated rings. The van der Waals surface area contributed by atoms with Gasteiger partial charge in [-0.1, -0.05) is 67.9 Å². The summed E-state index contributed by atoms with van der Waals surface area (Å²) in [5.74, 6) is 1.22. The standard InChI is InChI=1S/C21H22BrN3O/c1-13(2)16-7-5-15(6-8-16)12-23-25-20(14(3)4)24-19-10-9-17(22)11-18(19)21(25)26/h5-14H,1-4H3. The number of hydrogen-bond donors (Lipinski definition) is 0. The minimum Gasteiger partial charge on any atom is -0.267 e. The fourth-order valence-electron chi connectivity index (χ4n) is 2.74. The Morgan fingerprint density at radius 3 is 2.35 bits per heavy atom. The van der Waals surface area contributed by atoms with Crippen LogP contribution in [0.4, 0.5) is 0 Å². The summed E-state index contributed by atoms with van der Waals surface area (Å²) in [4.78, 5) is 17.6. The van der Waals surface area contributed by atoms with Crippen molar-refractivity contribution >= 4 is 33.0 Å². The molecular formula is C21H22BrN3O. The van der Waals surface area contributed by atoms with Gasteiger partial charge in [-0.25, -0.2) is 4.98 Å². The molecule has 0 saturated carbocycles. The maximum Gasteiger partial charge on any atom is 0.282 e. The molecule has 1 aromatic heterocycles. The largest absolute Gasteiger partial charge is 0.282 e. The van der Waals surface area contributed by atoms with Gasteiger partial charge >= 0.3 is 0 Å². The summed E-state index contributed by atoms with van der Waals surface area (Å²) in [6, 6.07) is 13.8. The molecule has 3 aromatic rings. The molecule has 0 amide bonds. The lowest BCUT2D eigenvalue weighted by atomic mass is 10.0. The maximum absolute atomic E-state index is 13.0. The highest BCUT2D eigenvalue weighted by molar-refractivity contribution is 9.10. The number of halogens is 1. The van der Waals surface area contributed by atoms with Gasteiger partial charge in [0, 0.05) is 10.4 Å². The molecule has 0 saturated heterocycles. The van der Waals surface area contributed by atoms with E-state index in [4.69, 9.17) is 0 Å². The Morgan fingerprint density at radius 1 is 1.04 bits per heavy atom. The van der Waals surface area contributed by atoms with Crippen LogP contribution in [0, 0.1) is 0 Å². The predicted molar refractivity (Wildman–Crippen MR) is 111 cm³/mol. The Kier molecular flexibility index (Phi) is 5.37. The van der Waals surface area contributed by atoms with Crippen LogP contribution in [0.3, 0.4) is 0 Å². The first-order valence-electron chi connectivity index (χ1n) is 8.73. The molecule has 1 heterocycles. The highest BCUT2D eigenvalue weighted by Crippen LogP contribution is 2.19. The van der Waals surface area contributed by atoms with Crippen LogP contribution in [0.2, 0.25) is 0 Å². The van der Waals surface area contributed by atoms with E-state index in [0.29, 0.717) is 22.6 Å². The van der Waals surface area contributed by atoms with Crippen LogP contribution in [0.1, 0.15) is 56.5 Å². The molecule has 3 rings (SSSR count). The van der Waals surface area contributed by atoms with Crippen LogP contribution < -0.4 is 5.56 Å². The molecule has 0 radical (unpaired) electrons. The fraction of sp³-hybridized carbons (Fsp3) is 0.286. The maximum atomic E-state index is 13.0. The number of nitrogens with zero attached hydrogens (tertiary/aromatic N) is 3. The molecule has 0 aliphatic carbocycles. The molecule has 26 heavy (non-hydrogen) atoms. The van der Waals surface area contributed by atoms with E-state index in [9.17, 15) is 4.79 Å². The van der Waals surface area contributed by atoms with Gasteiger partial charge in [0.05, 0.1) is 17.1 Å². The molecule has 2 aromatic carbocycles. The lowest BCUT2D eigenvalue weighted by Gasteiger charge is -2.12. The zero-order chi connectivity index (χ0) is 18.8. The van der Waals surface area contributed by atoms with Gasteiger partial charge in [-0.05, 0) is 35.2 Å². The Hall–Kier alpha value is -2.27. The van der Waals surface area contributed by atoms with E-state index >= 15 is 0 Å². The van der Waals surface area contributed by atoms with E-state index in [-0.39, 0.29) is 11.5 Å². The lowest BCUT2D eigenvalue weighted by molar-refractivity contribution is 0.665. The number of aromatic nitrogens is 2. The van der Waals surface area contributed by atoms with Gasteiger partial charge in [0.25, 0.3) is 5.56 Å². The lowest BCUT2D eigenvalue weighted by Crippen LogP contribution is -2.23. The second-order valence-corrected chi connectivity index (χ2v) is 7.88. The number of hydrogen-bond acceptors (Lipinski definition) is 3. The molecule has 4 nitrogen and oxygen atoms in total. The molecule has 134 valence electrons. The van der Waals surface area contributed by atoms with E-state index in [0.717, 1.165) is 10.0 Å². The van der Waals surface area contributed by atoms with Crippen molar-refractivity contribution in [2.45, 2.75) is 39.5 Å². The third-order valence-electron chi connectivity index (χ3n) is 4.28. The molecular weight excluding hydrogens is 390 g/mol. The average Bonchev–Trinajstić information content (AvgIpc) is 2.61. The van der Waals surface area contributed by atoms with Gasteiger partial charge in [0.2, 0.25) is 0 Å². The summed E-state index contributed by atoms with van der Waals surface area (Å²) in [6.45, 7) is 8.35. The number of benzene rings is 2.